The fourth-order valence-electron chi connectivity index (χ4n) is 4.67. The normalized spacial score (nSPS) is 15.8. The van der Waals surface area contributed by atoms with Crippen molar-refractivity contribution in [3.63, 3.8) is 0 Å². The van der Waals surface area contributed by atoms with E-state index in [0.717, 1.165) is 35.3 Å². The van der Waals surface area contributed by atoms with Gasteiger partial charge in [-0.3, -0.25) is 9.59 Å². The van der Waals surface area contributed by atoms with Crippen LogP contribution in [0.4, 0.5) is 0 Å². The van der Waals surface area contributed by atoms with Gasteiger partial charge in [0.1, 0.15) is 12.2 Å². The number of amides is 2. The average Bonchev–Trinajstić information content (AvgIpc) is 3.49. The topological polar surface area (TPSA) is 100 Å². The van der Waals surface area contributed by atoms with Crippen LogP contribution in [0.5, 0.6) is 0 Å². The van der Waals surface area contributed by atoms with Crippen LogP contribution in [0.3, 0.4) is 0 Å². The molecule has 1 fully saturated rings. The lowest BCUT2D eigenvalue weighted by molar-refractivity contribution is 0.0161. The molecule has 1 aliphatic heterocycles. The second-order valence-electron chi connectivity index (χ2n) is 9.66. The molecule has 188 valence electrons. The number of H-pyrrole nitrogens is 1. The highest BCUT2D eigenvalue weighted by Gasteiger charge is 2.40. The lowest BCUT2D eigenvalue weighted by atomic mass is 9.97. The zero-order valence-corrected chi connectivity index (χ0v) is 21.4. The Morgan fingerprint density at radius 2 is 1.97 bits per heavy atom. The molecule has 0 saturated carbocycles. The van der Waals surface area contributed by atoms with Gasteiger partial charge in [0, 0.05) is 31.6 Å². The molecule has 36 heavy (non-hydrogen) atoms. The number of benzene rings is 1. The number of piperazine rings is 1. The van der Waals surface area contributed by atoms with Gasteiger partial charge in [0.15, 0.2) is 0 Å². The first-order valence-corrected chi connectivity index (χ1v) is 12.2. The van der Waals surface area contributed by atoms with E-state index in [1.54, 1.807) is 23.1 Å². The van der Waals surface area contributed by atoms with E-state index >= 15 is 0 Å². The van der Waals surface area contributed by atoms with Crippen molar-refractivity contribution in [2.75, 3.05) is 19.6 Å². The fraction of sp³-hybridized carbons (Fsp3) is 0.370. The summed E-state index contributed by atoms with van der Waals surface area (Å²) < 4.78 is 1.49. The maximum absolute atomic E-state index is 13.5. The van der Waals surface area contributed by atoms with Gasteiger partial charge in [0.05, 0.1) is 22.3 Å². The Balaban J connectivity index is 1.52. The van der Waals surface area contributed by atoms with Gasteiger partial charge in [0.2, 0.25) is 5.82 Å². The molecular formula is C27H33N7O2. The molecule has 3 heterocycles. The molecule has 1 saturated heterocycles. The van der Waals surface area contributed by atoms with E-state index in [4.69, 9.17) is 0 Å². The van der Waals surface area contributed by atoms with E-state index in [9.17, 15) is 9.59 Å². The number of hydrogen-bond acceptors (Lipinski definition) is 5. The lowest BCUT2D eigenvalue weighted by Gasteiger charge is -2.46. The average molecular weight is 488 g/mol. The maximum Gasteiger partial charge on any atom is 0.294 e. The molecule has 1 aliphatic rings. The summed E-state index contributed by atoms with van der Waals surface area (Å²) in [5.74, 6) is 0.707. The SMILES string of the molecule is C=CC=C(C=C)n1cnc(C(=O)N2CCN(C(=O)c3cc(C)c4nc(CCC)[nH]c4c3)CC2(C)C)n1. The van der Waals surface area contributed by atoms with Crippen molar-refractivity contribution in [1.29, 1.82) is 0 Å². The molecule has 0 atom stereocenters. The predicted molar refractivity (Wildman–Crippen MR) is 141 cm³/mol. The van der Waals surface area contributed by atoms with Crippen LogP contribution in [0.2, 0.25) is 0 Å². The standard InChI is InChI=1S/C27H33N7O2/c1-7-10-20(9-3)34-17-28-24(31-34)26(36)33-13-12-32(16-27(33,5)6)25(35)19-14-18(4)23-21(15-19)29-22(30-23)11-8-2/h7,9-10,14-15,17H,1,3,8,11-13,16H2,2,4-6H3,(H,29,30). The molecule has 9 nitrogen and oxygen atoms in total. The molecule has 0 bridgehead atoms. The first-order chi connectivity index (χ1) is 17.2. The van der Waals surface area contributed by atoms with Gasteiger partial charge in [-0.2, -0.15) is 0 Å². The van der Waals surface area contributed by atoms with E-state index in [2.05, 4.69) is 40.1 Å². The summed E-state index contributed by atoms with van der Waals surface area (Å²) in [6, 6.07) is 3.78. The zero-order chi connectivity index (χ0) is 26.0. The number of carbonyl (C=O) groups excluding carboxylic acids is 2. The van der Waals surface area contributed by atoms with E-state index in [-0.39, 0.29) is 17.6 Å². The Bertz CT molecular complexity index is 1360. The number of aryl methyl sites for hydroxylation is 2. The molecule has 1 N–H and O–H groups in total. The van der Waals surface area contributed by atoms with Crippen molar-refractivity contribution in [1.82, 2.24) is 34.5 Å². The summed E-state index contributed by atoms with van der Waals surface area (Å²) in [7, 11) is 0. The Morgan fingerprint density at radius 3 is 2.64 bits per heavy atom. The highest BCUT2D eigenvalue weighted by atomic mass is 16.2. The summed E-state index contributed by atoms with van der Waals surface area (Å²) in [5, 5.41) is 4.33. The smallest absolute Gasteiger partial charge is 0.294 e. The first kappa shape index (κ1) is 25.1. The monoisotopic (exact) mass is 487 g/mol. The molecule has 1 aromatic carbocycles. The number of rotatable bonds is 7. The van der Waals surface area contributed by atoms with Crippen molar-refractivity contribution in [3.05, 3.63) is 72.6 Å². The number of nitrogens with zero attached hydrogens (tertiary/aromatic N) is 6. The fourth-order valence-corrected chi connectivity index (χ4v) is 4.67. The van der Waals surface area contributed by atoms with Crippen molar-refractivity contribution >= 4 is 28.5 Å². The van der Waals surface area contributed by atoms with Gasteiger partial charge in [0.25, 0.3) is 11.8 Å². The van der Waals surface area contributed by atoms with Crippen LogP contribution in [-0.2, 0) is 6.42 Å². The van der Waals surface area contributed by atoms with Crippen LogP contribution < -0.4 is 0 Å². The maximum atomic E-state index is 13.5. The number of nitrogens with one attached hydrogen (secondary N) is 1. The van der Waals surface area contributed by atoms with Crippen molar-refractivity contribution in [2.24, 2.45) is 0 Å². The number of allylic oxidation sites excluding steroid dienone is 4. The molecule has 0 spiro atoms. The van der Waals surface area contributed by atoms with Crippen LogP contribution in [0, 0.1) is 6.92 Å². The van der Waals surface area contributed by atoms with Crippen LogP contribution in [0.1, 0.15) is 59.6 Å². The highest BCUT2D eigenvalue weighted by Crippen LogP contribution is 2.26. The third-order valence-corrected chi connectivity index (χ3v) is 6.44. The van der Waals surface area contributed by atoms with E-state index in [0.29, 0.717) is 30.9 Å². The minimum atomic E-state index is -0.601. The number of hydrogen-bond donors (Lipinski definition) is 1. The highest BCUT2D eigenvalue weighted by molar-refractivity contribution is 5.98. The van der Waals surface area contributed by atoms with E-state index < -0.39 is 5.54 Å². The second-order valence-corrected chi connectivity index (χ2v) is 9.66. The molecule has 0 radical (unpaired) electrons. The van der Waals surface area contributed by atoms with Crippen LogP contribution in [0.15, 0.2) is 49.8 Å². The van der Waals surface area contributed by atoms with Crippen LogP contribution in [0.25, 0.3) is 16.7 Å². The molecule has 4 rings (SSSR count). The Labute approximate surface area is 211 Å². The molecular weight excluding hydrogens is 454 g/mol. The summed E-state index contributed by atoms with van der Waals surface area (Å²) in [6.45, 7) is 16.6. The lowest BCUT2D eigenvalue weighted by Crippen LogP contribution is -2.62. The Morgan fingerprint density at radius 1 is 1.19 bits per heavy atom. The molecule has 2 amide bonds. The molecule has 3 aromatic rings. The first-order valence-electron chi connectivity index (χ1n) is 12.2. The Hall–Kier alpha value is -4.01. The molecule has 0 unspecified atom stereocenters. The summed E-state index contributed by atoms with van der Waals surface area (Å²) in [4.78, 5) is 42.5. The van der Waals surface area contributed by atoms with E-state index in [1.807, 2.05) is 37.8 Å². The van der Waals surface area contributed by atoms with Gasteiger partial charge in [-0.15, -0.1) is 5.10 Å². The number of aromatic nitrogens is 5. The van der Waals surface area contributed by atoms with Gasteiger partial charge in [-0.05, 0) is 57.0 Å². The largest absolute Gasteiger partial charge is 0.342 e. The van der Waals surface area contributed by atoms with Crippen molar-refractivity contribution < 1.29 is 9.59 Å². The second kappa shape index (κ2) is 9.93. The van der Waals surface area contributed by atoms with Gasteiger partial charge >= 0.3 is 0 Å². The van der Waals surface area contributed by atoms with E-state index in [1.165, 1.54) is 11.0 Å². The minimum absolute atomic E-state index is 0.0561. The van der Waals surface area contributed by atoms with Crippen molar-refractivity contribution in [2.45, 2.75) is 46.1 Å². The Kier molecular flexibility index (Phi) is 6.92. The van der Waals surface area contributed by atoms with Gasteiger partial charge in [-0.25, -0.2) is 14.6 Å². The van der Waals surface area contributed by atoms with Crippen LogP contribution in [-0.4, -0.2) is 71.5 Å². The summed E-state index contributed by atoms with van der Waals surface area (Å²) in [5.41, 5.74) is 3.43. The van der Waals surface area contributed by atoms with Crippen LogP contribution >= 0.6 is 0 Å². The number of carbonyl (C=O) groups is 2. The number of fused-ring (bicyclic) bond motifs is 1. The number of imidazole rings is 1. The third kappa shape index (κ3) is 4.73. The summed E-state index contributed by atoms with van der Waals surface area (Å²) in [6.07, 6.45) is 8.32. The molecule has 2 aromatic heterocycles. The molecule has 0 aliphatic carbocycles. The number of aromatic amines is 1. The van der Waals surface area contributed by atoms with Gasteiger partial charge < -0.3 is 14.8 Å². The summed E-state index contributed by atoms with van der Waals surface area (Å²) >= 11 is 0. The predicted octanol–water partition coefficient (Wildman–Crippen LogP) is 4.01. The van der Waals surface area contributed by atoms with Gasteiger partial charge in [-0.1, -0.05) is 26.2 Å². The van der Waals surface area contributed by atoms with Crippen molar-refractivity contribution in [3.8, 4) is 0 Å². The third-order valence-electron chi connectivity index (χ3n) is 6.44. The quantitative estimate of drug-likeness (QED) is 0.508. The zero-order valence-electron chi connectivity index (χ0n) is 21.4. The molecule has 9 heteroatoms. The minimum Gasteiger partial charge on any atom is -0.342 e.